The number of hydrogen-bond acceptors (Lipinski definition) is 9. The predicted octanol–water partition coefficient (Wildman–Crippen LogP) is -4.19. The van der Waals surface area contributed by atoms with Crippen molar-refractivity contribution in [3.8, 4) is 0 Å². The molecule has 0 aromatic heterocycles. The van der Waals surface area contributed by atoms with Gasteiger partial charge in [0.15, 0.2) is 0 Å². The Kier molecular flexibility index (Phi) is 53.5. The minimum atomic E-state index is -2.06. The summed E-state index contributed by atoms with van der Waals surface area (Å²) in [4.78, 5) is 50.4. The summed E-state index contributed by atoms with van der Waals surface area (Å²) in [7, 11) is 0. The Bertz CT molecular complexity index is 336. The summed E-state index contributed by atoms with van der Waals surface area (Å²) in [5.74, 6) is 0. The Morgan fingerprint density at radius 2 is 0.727 bits per heavy atom. The normalized spacial score (nSPS) is 6.18. The summed E-state index contributed by atoms with van der Waals surface area (Å²) >= 11 is 0. The molecule has 0 bridgehead atoms. The molecular formula is C5H12Ca2Mg2Na2O11. The van der Waals surface area contributed by atoms with Gasteiger partial charge in [0.1, 0.15) is 0 Å². The van der Waals surface area contributed by atoms with E-state index in [0.29, 0.717) is 0 Å². The zero-order valence-electron chi connectivity index (χ0n) is 7.07. The van der Waals surface area contributed by atoms with E-state index in [2.05, 4.69) is 18.9 Å². The predicted molar refractivity (Wildman–Crippen MR) is 85.1 cm³/mol. The van der Waals surface area contributed by atoms with Crippen LogP contribution >= 0.6 is 0 Å². The molecule has 0 aromatic carbocycles. The van der Waals surface area contributed by atoms with Gasteiger partial charge in [0, 0.05) is 0 Å². The van der Waals surface area contributed by atoms with Crippen LogP contribution in [0, 0.1) is 0 Å². The monoisotopic (exact) mass is 422 g/mol. The van der Waals surface area contributed by atoms with Gasteiger partial charge in [0.25, 0.3) is 0 Å². The van der Waals surface area contributed by atoms with Crippen LogP contribution in [0.3, 0.4) is 0 Å². The van der Waals surface area contributed by atoms with Crippen molar-refractivity contribution >= 4 is 211 Å². The Morgan fingerprint density at radius 3 is 0.909 bits per heavy atom. The number of ether oxygens (including phenoxy) is 4. The van der Waals surface area contributed by atoms with Gasteiger partial charge in [-0.1, -0.05) is 0 Å². The van der Waals surface area contributed by atoms with Crippen molar-refractivity contribution in [2.45, 2.75) is 0 Å². The van der Waals surface area contributed by atoms with E-state index >= 15 is 0 Å². The third kappa shape index (κ3) is 31.0. The fraction of sp³-hybridized carbons (Fsp3) is 0. The van der Waals surface area contributed by atoms with Gasteiger partial charge in [-0.2, -0.15) is 0 Å². The van der Waals surface area contributed by atoms with Gasteiger partial charge >= 0.3 is 211 Å². The number of rotatable bonds is 0. The molecule has 0 saturated carbocycles. The van der Waals surface area contributed by atoms with Crippen molar-refractivity contribution < 1.29 is 53.1 Å². The fourth-order valence-electron chi connectivity index (χ4n) is 0.341. The van der Waals surface area contributed by atoms with Crippen LogP contribution < -0.4 is 0 Å². The molecule has 0 saturated heterocycles. The van der Waals surface area contributed by atoms with Gasteiger partial charge in [-0.25, -0.2) is 24.0 Å². The molecule has 0 heterocycles. The van der Waals surface area contributed by atoms with Gasteiger partial charge in [-0.3, -0.25) is 0 Å². The van der Waals surface area contributed by atoms with Gasteiger partial charge < -0.3 is 29.2 Å². The third-order valence-electron chi connectivity index (χ3n) is 0.675. The van der Waals surface area contributed by atoms with Crippen molar-refractivity contribution in [2.24, 2.45) is 0 Å². The van der Waals surface area contributed by atoms with E-state index in [1.165, 1.54) is 0 Å². The van der Waals surface area contributed by atoms with Crippen LogP contribution in [0.15, 0.2) is 0 Å². The Hall–Kier alpha value is 3.20. The van der Waals surface area contributed by atoms with Crippen LogP contribution in [0.4, 0.5) is 24.0 Å². The second-order valence-electron chi connectivity index (χ2n) is 1.69. The summed E-state index contributed by atoms with van der Waals surface area (Å²) in [6, 6.07) is 0. The number of carbonyl (C=O) groups excluding carboxylic acids is 3. The molecule has 22 heavy (non-hydrogen) atoms. The standard InChI is InChI=1S/C5H2O11.2Ca.2Mg.2Na.10H/c6-1(7)13-3(10)15-5(12)16-4(11)14-2(8)9;;;;;;;;;;;;;;;;/h(H,6,7)(H,8,9);;;;;;;;;;;;;;;;. The molecule has 0 atom stereocenters. The molecule has 11 nitrogen and oxygen atoms in total. The number of carboxylic acid groups (broad SMARTS) is 2. The molecule has 0 radical (unpaired) electrons. The summed E-state index contributed by atoms with van der Waals surface area (Å²) in [5, 5.41) is 15.7. The van der Waals surface area contributed by atoms with Gasteiger partial charge in [0.2, 0.25) is 0 Å². The van der Waals surface area contributed by atoms with E-state index in [9.17, 15) is 24.0 Å². The van der Waals surface area contributed by atoms with Crippen molar-refractivity contribution in [1.29, 1.82) is 0 Å². The molecule has 108 valence electrons. The maximum absolute atomic E-state index is 10.4. The average Bonchev–Trinajstić information content (AvgIpc) is 1.97. The molecule has 0 aromatic rings. The van der Waals surface area contributed by atoms with E-state index in [1.54, 1.807) is 0 Å². The van der Waals surface area contributed by atoms with Gasteiger partial charge in [-0.05, 0) is 0 Å². The molecule has 2 N–H and O–H groups in total. The fourth-order valence-corrected chi connectivity index (χ4v) is 0.341. The van der Waals surface area contributed by atoms with E-state index in [-0.39, 0.29) is 181 Å². The Balaban J connectivity index is -0.0000000750. The summed E-state index contributed by atoms with van der Waals surface area (Å²) in [6.45, 7) is 0. The Labute approximate surface area is 259 Å². The molecule has 0 amide bonds. The van der Waals surface area contributed by atoms with Crippen LogP contribution in [0.25, 0.3) is 0 Å². The zero-order valence-corrected chi connectivity index (χ0v) is 7.07. The van der Waals surface area contributed by atoms with Crippen LogP contribution in [-0.2, 0) is 18.9 Å². The Morgan fingerprint density at radius 1 is 0.545 bits per heavy atom. The number of carbonyl (C=O) groups is 5. The first-order chi connectivity index (χ1) is 7.31. The molecule has 0 fully saturated rings. The molecule has 0 unspecified atom stereocenters. The van der Waals surface area contributed by atoms with E-state index in [1.807, 2.05) is 0 Å². The topological polar surface area (TPSA) is 163 Å². The maximum atomic E-state index is 10.4. The molecule has 0 spiro atoms. The molecule has 0 rings (SSSR count). The second kappa shape index (κ2) is 26.4. The van der Waals surface area contributed by atoms with Crippen LogP contribution in [0.5, 0.6) is 0 Å². The molecule has 0 aliphatic carbocycles. The quantitative estimate of drug-likeness (QED) is 0.221. The van der Waals surface area contributed by atoms with E-state index in [0.717, 1.165) is 0 Å². The summed E-state index contributed by atoms with van der Waals surface area (Å²) in [5.41, 5.74) is 0. The minimum absolute atomic E-state index is 0. The van der Waals surface area contributed by atoms with E-state index < -0.39 is 30.8 Å². The second-order valence-corrected chi connectivity index (χ2v) is 1.69. The van der Waals surface area contributed by atoms with Crippen LogP contribution in [0.1, 0.15) is 0 Å². The molecular weight excluding hydrogens is 411 g/mol. The van der Waals surface area contributed by atoms with Crippen molar-refractivity contribution in [2.75, 3.05) is 0 Å². The average molecular weight is 423 g/mol. The van der Waals surface area contributed by atoms with E-state index in [4.69, 9.17) is 10.2 Å². The van der Waals surface area contributed by atoms with Crippen molar-refractivity contribution in [3.05, 3.63) is 0 Å². The number of hydrogen-bond donors (Lipinski definition) is 2. The first-order valence-corrected chi connectivity index (χ1v) is 3.10. The first kappa shape index (κ1) is 44.6. The zero-order chi connectivity index (χ0) is 12.7. The van der Waals surface area contributed by atoms with Crippen molar-refractivity contribution in [3.63, 3.8) is 0 Å². The molecule has 0 aliphatic heterocycles. The third-order valence-corrected chi connectivity index (χ3v) is 0.675. The van der Waals surface area contributed by atoms with Crippen molar-refractivity contribution in [1.82, 2.24) is 0 Å². The van der Waals surface area contributed by atoms with Crippen LogP contribution in [-0.4, -0.2) is 222 Å². The molecule has 0 aliphatic rings. The summed E-state index contributed by atoms with van der Waals surface area (Å²) < 4.78 is 13.4. The van der Waals surface area contributed by atoms with Crippen LogP contribution in [0.2, 0.25) is 0 Å². The summed E-state index contributed by atoms with van der Waals surface area (Å²) in [6.07, 6.45) is -10.1. The molecule has 17 heteroatoms. The first-order valence-electron chi connectivity index (χ1n) is 3.10. The SMILES string of the molecule is O=C(O)OC(=O)OC(=O)OC(=O)OC(=O)O.[CaH2].[CaH2].[MgH2].[MgH2].[NaH].[NaH]. The van der Waals surface area contributed by atoms with Gasteiger partial charge in [0.05, 0.1) is 0 Å². The van der Waals surface area contributed by atoms with Gasteiger partial charge in [-0.15, -0.1) is 0 Å².